The van der Waals surface area contributed by atoms with Crippen LogP contribution >= 0.6 is 0 Å². The SMILES string of the molecule is [C-]#[N+]c1ccc(-c2ccc3ncc4c(=O)[nH]c(=O)n(C5CCNCC5)c4c3n2)cn1. The van der Waals surface area contributed by atoms with E-state index in [1.807, 2.05) is 12.1 Å². The maximum absolute atomic E-state index is 12.8. The van der Waals surface area contributed by atoms with Crippen LogP contribution in [0.25, 0.3) is 38.0 Å². The van der Waals surface area contributed by atoms with Gasteiger partial charge in [-0.15, -0.1) is 4.98 Å². The zero-order valence-corrected chi connectivity index (χ0v) is 15.9. The van der Waals surface area contributed by atoms with Crippen molar-refractivity contribution in [2.24, 2.45) is 0 Å². The highest BCUT2D eigenvalue weighted by atomic mass is 16.2. The second-order valence-corrected chi connectivity index (χ2v) is 7.21. The van der Waals surface area contributed by atoms with Crippen molar-refractivity contribution >= 4 is 27.8 Å². The van der Waals surface area contributed by atoms with Crippen molar-refractivity contribution in [1.29, 1.82) is 0 Å². The van der Waals surface area contributed by atoms with Crippen LogP contribution in [0.2, 0.25) is 0 Å². The molecule has 4 aromatic heterocycles. The molecule has 0 bridgehead atoms. The van der Waals surface area contributed by atoms with Gasteiger partial charge in [0.15, 0.2) is 0 Å². The summed E-state index contributed by atoms with van der Waals surface area (Å²) < 4.78 is 1.67. The van der Waals surface area contributed by atoms with Crippen molar-refractivity contribution in [3.05, 3.63) is 68.9 Å². The molecule has 0 aromatic carbocycles. The monoisotopic (exact) mass is 399 g/mol. The molecule has 0 atom stereocenters. The van der Waals surface area contributed by atoms with Gasteiger partial charge in [-0.3, -0.25) is 19.3 Å². The first-order valence-electron chi connectivity index (χ1n) is 9.64. The topological polar surface area (TPSA) is 110 Å². The first-order chi connectivity index (χ1) is 14.7. The molecule has 9 nitrogen and oxygen atoms in total. The average Bonchev–Trinajstić information content (AvgIpc) is 2.79. The molecule has 0 amide bonds. The molecule has 5 rings (SSSR count). The molecule has 148 valence electrons. The summed E-state index contributed by atoms with van der Waals surface area (Å²) >= 11 is 0. The molecule has 0 spiro atoms. The fraction of sp³-hybridized carbons (Fsp3) is 0.238. The van der Waals surface area contributed by atoms with E-state index in [0.29, 0.717) is 33.4 Å². The number of nitrogens with zero attached hydrogens (tertiary/aromatic N) is 5. The molecule has 2 N–H and O–H groups in total. The smallest absolute Gasteiger partial charge is 0.329 e. The predicted octanol–water partition coefficient (Wildman–Crippen LogP) is 2.17. The van der Waals surface area contributed by atoms with Crippen LogP contribution in [0.3, 0.4) is 0 Å². The highest BCUT2D eigenvalue weighted by Crippen LogP contribution is 2.27. The normalized spacial score (nSPS) is 14.8. The minimum atomic E-state index is -0.468. The van der Waals surface area contributed by atoms with E-state index in [1.54, 1.807) is 22.9 Å². The summed E-state index contributed by atoms with van der Waals surface area (Å²) in [7, 11) is 0. The van der Waals surface area contributed by atoms with Crippen LogP contribution in [0.15, 0.2) is 46.2 Å². The van der Waals surface area contributed by atoms with E-state index in [4.69, 9.17) is 11.6 Å². The molecular formula is C21H17N7O2. The van der Waals surface area contributed by atoms with Crippen LogP contribution in [0.1, 0.15) is 18.9 Å². The van der Waals surface area contributed by atoms with Gasteiger partial charge < -0.3 is 10.2 Å². The van der Waals surface area contributed by atoms with Crippen LogP contribution in [0.4, 0.5) is 5.82 Å². The standard InChI is InChI=1S/C21H17N7O2/c1-22-17-5-2-12(10-25-17)15-3-4-16-18(26-15)19-14(11-24-16)20(29)27-21(30)28(19)13-6-8-23-9-7-13/h2-5,10-11,13,23H,6-9H2,(H,27,29,30). The van der Waals surface area contributed by atoms with Gasteiger partial charge in [0.25, 0.3) is 11.4 Å². The Morgan fingerprint density at radius 1 is 1.07 bits per heavy atom. The van der Waals surface area contributed by atoms with Crippen molar-refractivity contribution in [3.8, 4) is 11.3 Å². The Bertz CT molecular complexity index is 1420. The molecule has 30 heavy (non-hydrogen) atoms. The third-order valence-electron chi connectivity index (χ3n) is 5.44. The van der Waals surface area contributed by atoms with Crippen LogP contribution < -0.4 is 16.6 Å². The predicted molar refractivity (Wildman–Crippen MR) is 113 cm³/mol. The highest BCUT2D eigenvalue weighted by Gasteiger charge is 2.22. The zero-order valence-electron chi connectivity index (χ0n) is 15.9. The van der Waals surface area contributed by atoms with E-state index in [9.17, 15) is 9.59 Å². The molecule has 0 saturated carbocycles. The van der Waals surface area contributed by atoms with Crippen molar-refractivity contribution in [2.75, 3.05) is 13.1 Å². The van der Waals surface area contributed by atoms with Crippen LogP contribution in [-0.2, 0) is 0 Å². The lowest BCUT2D eigenvalue weighted by molar-refractivity contribution is 0.365. The highest BCUT2D eigenvalue weighted by molar-refractivity contribution is 6.01. The number of aromatic amines is 1. The summed E-state index contributed by atoms with van der Waals surface area (Å²) in [4.78, 5) is 44.3. The molecule has 0 unspecified atom stereocenters. The minimum Gasteiger partial charge on any atom is -0.361 e. The summed E-state index contributed by atoms with van der Waals surface area (Å²) in [6.45, 7) is 8.66. The van der Waals surface area contributed by atoms with E-state index < -0.39 is 11.2 Å². The Labute approximate surface area is 170 Å². The van der Waals surface area contributed by atoms with Crippen LogP contribution in [0.5, 0.6) is 0 Å². The largest absolute Gasteiger partial charge is 0.361 e. The van der Waals surface area contributed by atoms with Gasteiger partial charge in [0, 0.05) is 17.8 Å². The van der Waals surface area contributed by atoms with E-state index in [2.05, 4.69) is 25.1 Å². The minimum absolute atomic E-state index is 0.0335. The zero-order chi connectivity index (χ0) is 20.7. The average molecular weight is 399 g/mol. The number of aromatic nitrogens is 5. The van der Waals surface area contributed by atoms with Gasteiger partial charge in [-0.05, 0) is 44.1 Å². The van der Waals surface area contributed by atoms with Gasteiger partial charge in [0.1, 0.15) is 11.7 Å². The summed E-state index contributed by atoms with van der Waals surface area (Å²) in [5, 5.41) is 3.64. The fourth-order valence-corrected chi connectivity index (χ4v) is 3.97. The van der Waals surface area contributed by atoms with Gasteiger partial charge in [-0.2, -0.15) is 0 Å². The molecular weight excluding hydrogens is 382 g/mol. The molecule has 4 aromatic rings. The lowest BCUT2D eigenvalue weighted by Crippen LogP contribution is -2.38. The van der Waals surface area contributed by atoms with Crippen LogP contribution in [-0.4, -0.2) is 37.6 Å². The first kappa shape index (κ1) is 18.1. The quantitative estimate of drug-likeness (QED) is 0.395. The molecule has 1 saturated heterocycles. The Kier molecular flexibility index (Phi) is 4.34. The lowest BCUT2D eigenvalue weighted by Gasteiger charge is -2.26. The number of hydrogen-bond donors (Lipinski definition) is 2. The van der Waals surface area contributed by atoms with Crippen molar-refractivity contribution in [3.63, 3.8) is 0 Å². The van der Waals surface area contributed by atoms with Gasteiger partial charge in [0.05, 0.1) is 22.1 Å². The van der Waals surface area contributed by atoms with Crippen LogP contribution in [0, 0.1) is 6.57 Å². The Hall–Kier alpha value is -3.90. The van der Waals surface area contributed by atoms with Crippen molar-refractivity contribution < 1.29 is 0 Å². The van der Waals surface area contributed by atoms with Gasteiger partial charge in [-0.25, -0.2) is 9.78 Å². The summed E-state index contributed by atoms with van der Waals surface area (Å²) in [5.74, 6) is 0.304. The molecule has 5 heterocycles. The Balaban J connectivity index is 1.81. The summed E-state index contributed by atoms with van der Waals surface area (Å²) in [6, 6.07) is 7.01. The number of nitrogens with one attached hydrogen (secondary N) is 2. The fourth-order valence-electron chi connectivity index (χ4n) is 3.97. The maximum atomic E-state index is 12.8. The van der Waals surface area contributed by atoms with E-state index in [1.165, 1.54) is 6.20 Å². The third-order valence-corrected chi connectivity index (χ3v) is 5.44. The molecule has 1 aliphatic heterocycles. The number of fused-ring (bicyclic) bond motifs is 3. The van der Waals surface area contributed by atoms with E-state index >= 15 is 0 Å². The Morgan fingerprint density at radius 3 is 2.63 bits per heavy atom. The first-order valence-corrected chi connectivity index (χ1v) is 9.64. The summed E-state index contributed by atoms with van der Waals surface area (Å²) in [5.41, 5.74) is 2.08. The molecule has 0 aliphatic carbocycles. The van der Waals surface area contributed by atoms with Gasteiger partial charge >= 0.3 is 5.69 Å². The molecule has 0 radical (unpaired) electrons. The van der Waals surface area contributed by atoms with E-state index in [0.717, 1.165) is 31.5 Å². The second kappa shape index (κ2) is 7.17. The number of pyridine rings is 3. The van der Waals surface area contributed by atoms with Gasteiger partial charge in [0.2, 0.25) is 0 Å². The number of hydrogen-bond acceptors (Lipinski definition) is 6. The number of H-pyrrole nitrogens is 1. The summed E-state index contributed by atoms with van der Waals surface area (Å²) in [6.07, 6.45) is 4.66. The number of rotatable bonds is 2. The maximum Gasteiger partial charge on any atom is 0.329 e. The van der Waals surface area contributed by atoms with Crippen molar-refractivity contribution in [1.82, 2.24) is 29.8 Å². The van der Waals surface area contributed by atoms with Crippen molar-refractivity contribution in [2.45, 2.75) is 18.9 Å². The molecule has 9 heteroatoms. The van der Waals surface area contributed by atoms with E-state index in [-0.39, 0.29) is 6.04 Å². The molecule has 1 aliphatic rings. The number of piperidine rings is 1. The Morgan fingerprint density at radius 2 is 1.90 bits per heavy atom. The second-order valence-electron chi connectivity index (χ2n) is 7.21. The van der Waals surface area contributed by atoms with Gasteiger partial charge in [-0.1, -0.05) is 12.6 Å². The molecule has 1 fully saturated rings. The third kappa shape index (κ3) is 2.94. The lowest BCUT2D eigenvalue weighted by atomic mass is 10.1.